The zero-order valence-electron chi connectivity index (χ0n) is 20.4. The van der Waals surface area contributed by atoms with Gasteiger partial charge in [0.25, 0.3) is 5.56 Å². The van der Waals surface area contributed by atoms with Crippen LogP contribution in [0.2, 0.25) is 10.0 Å². The number of hydrogen-bond donors (Lipinski definition) is 0. The molecule has 0 atom stereocenters. The lowest BCUT2D eigenvalue weighted by Crippen LogP contribution is -2.20. The highest BCUT2D eigenvalue weighted by molar-refractivity contribution is 9.10. The number of para-hydroxylation sites is 1. The molecule has 0 N–H and O–H groups in total. The Morgan fingerprint density at radius 3 is 2.60 bits per heavy atom. The smallest absolute Gasteiger partial charge is 0.282 e. The van der Waals surface area contributed by atoms with Gasteiger partial charge in [0, 0.05) is 9.86 Å². The van der Waals surface area contributed by atoms with Crippen molar-refractivity contribution in [1.29, 1.82) is 0 Å². The molecular formula is C30H17BrCl2FN3O3. The Labute approximate surface area is 245 Å². The van der Waals surface area contributed by atoms with E-state index < -0.39 is 0 Å². The van der Waals surface area contributed by atoms with E-state index in [9.17, 15) is 9.18 Å². The Kier molecular flexibility index (Phi) is 7.14. The van der Waals surface area contributed by atoms with Gasteiger partial charge < -0.3 is 9.15 Å². The van der Waals surface area contributed by atoms with Crippen LogP contribution < -0.4 is 10.3 Å². The molecule has 198 valence electrons. The molecule has 0 aliphatic carbocycles. The van der Waals surface area contributed by atoms with E-state index in [0.29, 0.717) is 33.4 Å². The molecule has 40 heavy (non-hydrogen) atoms. The molecule has 10 heteroatoms. The van der Waals surface area contributed by atoms with Gasteiger partial charge in [0.05, 0.1) is 27.2 Å². The standard InChI is InChI=1S/C30H17BrCl2FN3O3/c31-20-8-9-26-19(13-20)14-27(40-26)29-36-25-7-2-1-6-22(25)30(38)37(29)35-15-18-11-23(32)28(24(33)12-18)39-16-17-4-3-5-21(34)10-17/h1-15H,16H2. The third-order valence-corrected chi connectivity index (χ3v) is 7.12. The lowest BCUT2D eigenvalue weighted by molar-refractivity contribution is 0.306. The van der Waals surface area contributed by atoms with Crippen LogP contribution in [0.3, 0.4) is 0 Å². The van der Waals surface area contributed by atoms with Crippen LogP contribution in [-0.2, 0) is 6.61 Å². The molecule has 0 aliphatic rings. The number of benzene rings is 4. The average Bonchev–Trinajstić information content (AvgIpc) is 3.35. The molecule has 0 aliphatic heterocycles. The summed E-state index contributed by atoms with van der Waals surface area (Å²) in [5, 5.41) is 6.17. The molecule has 0 bridgehead atoms. The molecule has 6 rings (SSSR count). The number of furan rings is 1. The van der Waals surface area contributed by atoms with Gasteiger partial charge in [-0.25, -0.2) is 9.37 Å². The molecule has 0 unspecified atom stereocenters. The second-order valence-corrected chi connectivity index (χ2v) is 10.6. The quantitative estimate of drug-likeness (QED) is 0.172. The number of ether oxygens (including phenoxy) is 1. The van der Waals surface area contributed by atoms with Crippen molar-refractivity contribution in [3.05, 3.63) is 127 Å². The molecule has 2 aromatic heterocycles. The Bertz CT molecular complexity index is 1980. The normalized spacial score (nSPS) is 11.6. The van der Waals surface area contributed by atoms with Crippen LogP contribution in [0, 0.1) is 5.82 Å². The van der Waals surface area contributed by atoms with Crippen molar-refractivity contribution >= 4 is 67.2 Å². The van der Waals surface area contributed by atoms with Crippen LogP contribution in [0.5, 0.6) is 5.75 Å². The maximum Gasteiger partial charge on any atom is 0.282 e. The molecule has 0 saturated carbocycles. The first kappa shape index (κ1) is 26.3. The molecule has 0 spiro atoms. The molecule has 6 aromatic rings. The van der Waals surface area contributed by atoms with E-state index in [1.54, 1.807) is 48.5 Å². The van der Waals surface area contributed by atoms with Crippen LogP contribution in [-0.4, -0.2) is 15.9 Å². The minimum atomic E-state index is -0.370. The molecule has 4 aromatic carbocycles. The summed E-state index contributed by atoms with van der Waals surface area (Å²) in [5.74, 6) is 0.506. The van der Waals surface area contributed by atoms with Crippen molar-refractivity contribution in [2.75, 3.05) is 0 Å². The van der Waals surface area contributed by atoms with Gasteiger partial charge in [-0.15, -0.1) is 0 Å². The van der Waals surface area contributed by atoms with E-state index >= 15 is 0 Å². The first-order valence-electron chi connectivity index (χ1n) is 12.0. The fourth-order valence-electron chi connectivity index (χ4n) is 4.21. The molecule has 6 nitrogen and oxygen atoms in total. The highest BCUT2D eigenvalue weighted by Gasteiger charge is 2.17. The molecule has 0 amide bonds. The number of nitrogens with zero attached hydrogens (tertiary/aromatic N) is 3. The van der Waals surface area contributed by atoms with Crippen LogP contribution in [0.25, 0.3) is 33.5 Å². The fraction of sp³-hybridized carbons (Fsp3) is 0.0333. The van der Waals surface area contributed by atoms with E-state index in [-0.39, 0.29) is 39.6 Å². The number of aromatic nitrogens is 2. The van der Waals surface area contributed by atoms with Gasteiger partial charge in [0.1, 0.15) is 18.0 Å². The van der Waals surface area contributed by atoms with E-state index in [1.165, 1.54) is 23.0 Å². The number of halogens is 4. The lowest BCUT2D eigenvalue weighted by Gasteiger charge is -2.11. The van der Waals surface area contributed by atoms with Crippen LogP contribution in [0.4, 0.5) is 4.39 Å². The minimum absolute atomic E-state index is 0.0836. The Hall–Kier alpha value is -3.98. The fourth-order valence-corrected chi connectivity index (χ4v) is 5.21. The van der Waals surface area contributed by atoms with E-state index in [1.807, 2.05) is 24.3 Å². The van der Waals surface area contributed by atoms with E-state index in [4.69, 9.17) is 32.4 Å². The predicted molar refractivity (Wildman–Crippen MR) is 159 cm³/mol. The molecule has 2 heterocycles. The zero-order valence-corrected chi connectivity index (χ0v) is 23.5. The van der Waals surface area contributed by atoms with Gasteiger partial charge >= 0.3 is 0 Å². The Morgan fingerprint density at radius 1 is 1.00 bits per heavy atom. The summed E-state index contributed by atoms with van der Waals surface area (Å²) in [6.07, 6.45) is 1.45. The molecule has 0 saturated heterocycles. The highest BCUT2D eigenvalue weighted by Crippen LogP contribution is 2.35. The SMILES string of the molecule is O=c1c2ccccc2nc(-c2cc3cc(Br)ccc3o2)n1N=Cc1cc(Cl)c(OCc2cccc(F)c2)c(Cl)c1. The predicted octanol–water partition coefficient (Wildman–Crippen LogP) is 8.48. The zero-order chi connectivity index (χ0) is 27.8. The number of hydrogen-bond acceptors (Lipinski definition) is 5. The van der Waals surface area contributed by atoms with Gasteiger partial charge in [-0.3, -0.25) is 4.79 Å². The summed E-state index contributed by atoms with van der Waals surface area (Å²) in [7, 11) is 0. The van der Waals surface area contributed by atoms with Gasteiger partial charge in [-0.2, -0.15) is 9.78 Å². The minimum Gasteiger partial charge on any atom is -0.486 e. The summed E-state index contributed by atoms with van der Waals surface area (Å²) >= 11 is 16.4. The van der Waals surface area contributed by atoms with Crippen molar-refractivity contribution in [3.63, 3.8) is 0 Å². The number of rotatable bonds is 6. The Balaban J connectivity index is 1.38. The van der Waals surface area contributed by atoms with Crippen molar-refractivity contribution < 1.29 is 13.5 Å². The van der Waals surface area contributed by atoms with Crippen LogP contribution in [0.1, 0.15) is 11.1 Å². The average molecular weight is 637 g/mol. The lowest BCUT2D eigenvalue weighted by atomic mass is 10.2. The van der Waals surface area contributed by atoms with Crippen molar-refractivity contribution in [1.82, 2.24) is 9.66 Å². The van der Waals surface area contributed by atoms with Gasteiger partial charge in [0.2, 0.25) is 5.82 Å². The summed E-state index contributed by atoms with van der Waals surface area (Å²) in [6, 6.07) is 23.7. The second-order valence-electron chi connectivity index (χ2n) is 8.84. The molecule has 0 fully saturated rings. The summed E-state index contributed by atoms with van der Waals surface area (Å²) in [4.78, 5) is 18.2. The van der Waals surface area contributed by atoms with Crippen molar-refractivity contribution in [2.24, 2.45) is 5.10 Å². The summed E-state index contributed by atoms with van der Waals surface area (Å²) in [6.45, 7) is 0.0836. The number of fused-ring (bicyclic) bond motifs is 2. The van der Waals surface area contributed by atoms with E-state index in [0.717, 1.165) is 9.86 Å². The maximum absolute atomic E-state index is 13.5. The van der Waals surface area contributed by atoms with E-state index in [2.05, 4.69) is 26.0 Å². The Morgan fingerprint density at radius 2 is 1.80 bits per heavy atom. The highest BCUT2D eigenvalue weighted by atomic mass is 79.9. The second kappa shape index (κ2) is 10.9. The third-order valence-electron chi connectivity index (χ3n) is 6.07. The first-order chi connectivity index (χ1) is 19.4. The first-order valence-corrected chi connectivity index (χ1v) is 13.5. The summed E-state index contributed by atoms with van der Waals surface area (Å²) < 4.78 is 27.4. The third kappa shape index (κ3) is 5.25. The van der Waals surface area contributed by atoms with Gasteiger partial charge in [-0.1, -0.05) is 63.4 Å². The maximum atomic E-state index is 13.5. The topological polar surface area (TPSA) is 69.6 Å². The van der Waals surface area contributed by atoms with Crippen LogP contribution in [0.15, 0.2) is 104 Å². The van der Waals surface area contributed by atoms with Gasteiger partial charge in [-0.05, 0) is 71.8 Å². The summed E-state index contributed by atoms with van der Waals surface area (Å²) in [5.41, 5.74) is 1.94. The molecule has 0 radical (unpaired) electrons. The van der Waals surface area contributed by atoms with Gasteiger partial charge in [0.15, 0.2) is 11.5 Å². The van der Waals surface area contributed by atoms with Crippen molar-refractivity contribution in [2.45, 2.75) is 6.61 Å². The monoisotopic (exact) mass is 635 g/mol. The van der Waals surface area contributed by atoms with Crippen LogP contribution >= 0.6 is 39.1 Å². The van der Waals surface area contributed by atoms with Crippen molar-refractivity contribution in [3.8, 4) is 17.3 Å². The largest absolute Gasteiger partial charge is 0.486 e. The molecular weight excluding hydrogens is 620 g/mol.